The van der Waals surface area contributed by atoms with Crippen LogP contribution in [0.1, 0.15) is 47.3 Å². The summed E-state index contributed by atoms with van der Waals surface area (Å²) in [6.07, 6.45) is 0. The summed E-state index contributed by atoms with van der Waals surface area (Å²) in [7, 11) is 0. The highest BCUT2D eigenvalue weighted by molar-refractivity contribution is 6.14. The molecule has 2 aromatic carbocycles. The molecule has 3 rings (SSSR count). The first-order valence-corrected chi connectivity index (χ1v) is 9.56. The molecular weight excluding hydrogens is 370 g/mol. The van der Waals surface area contributed by atoms with Crippen molar-refractivity contribution in [3.63, 3.8) is 0 Å². The molecule has 0 bridgehead atoms. The van der Waals surface area contributed by atoms with E-state index in [9.17, 15) is 14.7 Å². The molecule has 0 saturated carbocycles. The van der Waals surface area contributed by atoms with Crippen molar-refractivity contribution in [3.05, 3.63) is 59.4 Å². The highest BCUT2D eigenvalue weighted by Gasteiger charge is 2.25. The van der Waals surface area contributed by atoms with Crippen molar-refractivity contribution in [1.29, 1.82) is 0 Å². The van der Waals surface area contributed by atoms with Gasteiger partial charge in [0, 0.05) is 24.8 Å². The second-order valence-corrected chi connectivity index (χ2v) is 6.33. The lowest BCUT2D eigenvalue weighted by molar-refractivity contribution is 0.0685. The predicted octanol–water partition coefficient (Wildman–Crippen LogP) is 3.80. The van der Waals surface area contributed by atoms with Crippen molar-refractivity contribution >= 4 is 28.5 Å². The first kappa shape index (κ1) is 20.3. The number of ketones is 1. The molecule has 0 aliphatic rings. The smallest absolute Gasteiger partial charge is 0.356 e. The Bertz CT molecular complexity index is 1060. The number of hydrogen-bond donors (Lipinski definition) is 1. The van der Waals surface area contributed by atoms with Gasteiger partial charge in [-0.2, -0.15) is 0 Å². The topological polar surface area (TPSA) is 92.6 Å². The molecule has 1 aromatic heterocycles. The van der Waals surface area contributed by atoms with Crippen LogP contribution in [0.3, 0.4) is 0 Å². The van der Waals surface area contributed by atoms with E-state index in [-0.39, 0.29) is 17.0 Å². The van der Waals surface area contributed by atoms with Crippen molar-refractivity contribution in [2.24, 2.45) is 0 Å². The molecule has 1 N–H and O–H groups in total. The van der Waals surface area contributed by atoms with Crippen molar-refractivity contribution in [2.45, 2.75) is 20.8 Å². The van der Waals surface area contributed by atoms with Gasteiger partial charge >= 0.3 is 5.97 Å². The van der Waals surface area contributed by atoms with Crippen LogP contribution in [0.5, 0.6) is 5.75 Å². The molecule has 3 aromatic rings. The Morgan fingerprint density at radius 2 is 1.59 bits per heavy atom. The fourth-order valence-corrected chi connectivity index (χ4v) is 3.19. The number of carboxylic acids is 1. The first-order valence-electron chi connectivity index (χ1n) is 9.56. The van der Waals surface area contributed by atoms with Gasteiger partial charge in [0.05, 0.1) is 23.2 Å². The fraction of sp³-hybridized carbons (Fsp3) is 0.273. The number of carbonyl (C=O) groups is 2. The summed E-state index contributed by atoms with van der Waals surface area (Å²) in [6, 6.07) is 12.1. The van der Waals surface area contributed by atoms with E-state index in [1.807, 2.05) is 26.8 Å². The van der Waals surface area contributed by atoms with Gasteiger partial charge in [0.2, 0.25) is 5.78 Å². The normalized spacial score (nSPS) is 10.7. The van der Waals surface area contributed by atoms with Gasteiger partial charge in [-0.3, -0.25) is 4.79 Å². The third-order valence-electron chi connectivity index (χ3n) is 4.63. The lowest BCUT2D eigenvalue weighted by atomic mass is 10.0. The summed E-state index contributed by atoms with van der Waals surface area (Å²) < 4.78 is 5.70. The van der Waals surface area contributed by atoms with Gasteiger partial charge in [0.1, 0.15) is 11.4 Å². The monoisotopic (exact) mass is 393 g/mol. The summed E-state index contributed by atoms with van der Waals surface area (Å²) in [6.45, 7) is 7.93. The molecule has 0 radical (unpaired) electrons. The lowest BCUT2D eigenvalue weighted by Gasteiger charge is -2.22. The molecule has 7 heteroatoms. The third-order valence-corrected chi connectivity index (χ3v) is 4.63. The van der Waals surface area contributed by atoms with E-state index in [0.29, 0.717) is 23.4 Å². The van der Waals surface area contributed by atoms with Crippen LogP contribution in [0.2, 0.25) is 0 Å². The van der Waals surface area contributed by atoms with Gasteiger partial charge in [0.15, 0.2) is 5.69 Å². The van der Waals surface area contributed by atoms with Crippen molar-refractivity contribution in [1.82, 2.24) is 9.97 Å². The van der Waals surface area contributed by atoms with Crippen LogP contribution >= 0.6 is 0 Å². The van der Waals surface area contributed by atoms with Crippen LogP contribution in [-0.2, 0) is 0 Å². The summed E-state index contributed by atoms with van der Waals surface area (Å²) in [5.74, 6) is -1.44. The van der Waals surface area contributed by atoms with Crippen LogP contribution in [0, 0.1) is 0 Å². The van der Waals surface area contributed by atoms with E-state index in [0.717, 1.165) is 18.8 Å². The maximum atomic E-state index is 13.3. The summed E-state index contributed by atoms with van der Waals surface area (Å²) >= 11 is 0. The number of nitrogens with zero attached hydrogens (tertiary/aromatic N) is 3. The van der Waals surface area contributed by atoms with E-state index in [1.54, 1.807) is 36.4 Å². The number of rotatable bonds is 8. The predicted molar refractivity (Wildman–Crippen MR) is 111 cm³/mol. The molecule has 1 heterocycles. The van der Waals surface area contributed by atoms with Gasteiger partial charge < -0.3 is 14.7 Å². The average molecular weight is 393 g/mol. The molecule has 0 unspecified atom stereocenters. The number of carboxylic acid groups (broad SMARTS) is 1. The largest absolute Gasteiger partial charge is 0.493 e. The number of hydrogen-bond acceptors (Lipinski definition) is 6. The minimum Gasteiger partial charge on any atom is -0.493 e. The maximum absolute atomic E-state index is 13.3. The van der Waals surface area contributed by atoms with Gasteiger partial charge in [-0.05, 0) is 45.0 Å². The number of aromatic nitrogens is 2. The zero-order valence-electron chi connectivity index (χ0n) is 16.7. The minimum absolute atomic E-state index is 0.201. The summed E-state index contributed by atoms with van der Waals surface area (Å²) in [5.41, 5.74) is 1.49. The second-order valence-electron chi connectivity index (χ2n) is 6.33. The quantitative estimate of drug-likeness (QED) is 0.582. The molecule has 0 saturated heterocycles. The Labute approximate surface area is 169 Å². The van der Waals surface area contributed by atoms with E-state index >= 15 is 0 Å². The molecule has 0 amide bonds. The zero-order chi connectivity index (χ0) is 21.0. The van der Waals surface area contributed by atoms with Gasteiger partial charge in [-0.25, -0.2) is 14.8 Å². The number of anilines is 1. The molecule has 0 aliphatic carbocycles. The van der Waals surface area contributed by atoms with Crippen molar-refractivity contribution < 1.29 is 19.4 Å². The van der Waals surface area contributed by atoms with Gasteiger partial charge in [-0.1, -0.05) is 12.1 Å². The van der Waals surface area contributed by atoms with E-state index in [1.165, 1.54) is 0 Å². The first-order chi connectivity index (χ1) is 14.0. The average Bonchev–Trinajstić information content (AvgIpc) is 2.73. The Kier molecular flexibility index (Phi) is 6.07. The lowest BCUT2D eigenvalue weighted by Crippen LogP contribution is -2.22. The highest BCUT2D eigenvalue weighted by atomic mass is 16.5. The van der Waals surface area contributed by atoms with E-state index in [2.05, 4.69) is 14.9 Å². The number of ether oxygens (including phenoxy) is 1. The van der Waals surface area contributed by atoms with Crippen LogP contribution in [0.15, 0.2) is 42.5 Å². The van der Waals surface area contributed by atoms with Crippen LogP contribution in [0.25, 0.3) is 11.0 Å². The number of fused-ring (bicyclic) bond motifs is 1. The molecule has 0 spiro atoms. The van der Waals surface area contributed by atoms with Crippen molar-refractivity contribution in [3.8, 4) is 5.75 Å². The Hall–Kier alpha value is -3.48. The fourth-order valence-electron chi connectivity index (χ4n) is 3.19. The summed E-state index contributed by atoms with van der Waals surface area (Å²) in [5, 5.41) is 9.58. The molecular formula is C22H23N3O4. The summed E-state index contributed by atoms with van der Waals surface area (Å²) in [4.78, 5) is 35.6. The third kappa shape index (κ3) is 4.03. The SMILES string of the molecule is CCOc1cc(N(CC)CC)ccc1C(=O)c1nc2ccccc2nc1C(=O)O. The van der Waals surface area contributed by atoms with Crippen LogP contribution in [0.4, 0.5) is 5.69 Å². The second kappa shape index (κ2) is 8.68. The molecule has 150 valence electrons. The number of para-hydroxylation sites is 2. The maximum Gasteiger partial charge on any atom is 0.356 e. The Balaban J connectivity index is 2.14. The minimum atomic E-state index is -1.30. The number of carbonyl (C=O) groups excluding carboxylic acids is 1. The molecule has 0 fully saturated rings. The van der Waals surface area contributed by atoms with E-state index in [4.69, 9.17) is 4.74 Å². The van der Waals surface area contributed by atoms with Crippen molar-refractivity contribution in [2.75, 3.05) is 24.6 Å². The van der Waals surface area contributed by atoms with Gasteiger partial charge in [0.25, 0.3) is 0 Å². The molecule has 0 aliphatic heterocycles. The number of benzene rings is 2. The highest BCUT2D eigenvalue weighted by Crippen LogP contribution is 2.29. The Morgan fingerprint density at radius 1 is 0.966 bits per heavy atom. The number of aromatic carboxylic acids is 1. The van der Waals surface area contributed by atoms with Crippen LogP contribution < -0.4 is 9.64 Å². The standard InChI is InChI=1S/C22H23N3O4/c1-4-25(5-2)14-11-12-15(18(13-14)29-6-3)21(26)19-20(22(27)28)24-17-10-8-7-9-16(17)23-19/h7-13H,4-6H2,1-3H3,(H,27,28). The van der Waals surface area contributed by atoms with Gasteiger partial charge in [-0.15, -0.1) is 0 Å². The van der Waals surface area contributed by atoms with E-state index < -0.39 is 11.8 Å². The van der Waals surface area contributed by atoms with Crippen LogP contribution in [-0.4, -0.2) is 46.5 Å². The Morgan fingerprint density at radius 3 is 2.14 bits per heavy atom. The molecule has 0 atom stereocenters. The zero-order valence-corrected chi connectivity index (χ0v) is 16.7. The molecule has 29 heavy (non-hydrogen) atoms. The molecule has 7 nitrogen and oxygen atoms in total.